The molecule has 0 unspecified atom stereocenters. The molecule has 7 nitrogen and oxygen atoms in total. The van der Waals surface area contributed by atoms with Gasteiger partial charge in [0.2, 0.25) is 0 Å². The van der Waals surface area contributed by atoms with Crippen molar-refractivity contribution in [1.82, 2.24) is 25.1 Å². The third kappa shape index (κ3) is 4.78. The number of likely N-dealkylation sites (tertiary alicyclic amines) is 1. The number of piperidine rings is 1. The smallest absolute Gasteiger partial charge is 0.276 e. The molecule has 1 aliphatic rings. The first kappa shape index (κ1) is 21.3. The predicted molar refractivity (Wildman–Crippen MR) is 130 cm³/mol. The van der Waals surface area contributed by atoms with Crippen LogP contribution in [0.25, 0.3) is 22.0 Å². The molecular weight excluding hydrogens is 412 g/mol. The monoisotopic (exact) mass is 440 g/mol. The third-order valence-corrected chi connectivity index (χ3v) is 6.36. The minimum Gasteiger partial charge on any atom is -0.319 e. The summed E-state index contributed by atoms with van der Waals surface area (Å²) in [5.74, 6) is 0.552. The first-order valence-corrected chi connectivity index (χ1v) is 11.4. The van der Waals surface area contributed by atoms with Crippen LogP contribution >= 0.6 is 0 Å². The van der Waals surface area contributed by atoms with E-state index in [-0.39, 0.29) is 5.91 Å². The number of pyridine rings is 2. The van der Waals surface area contributed by atoms with Crippen molar-refractivity contribution >= 4 is 22.5 Å². The van der Waals surface area contributed by atoms with E-state index < -0.39 is 0 Å². The number of carbonyl (C=O) groups is 1. The first-order valence-electron chi connectivity index (χ1n) is 11.4. The summed E-state index contributed by atoms with van der Waals surface area (Å²) < 4.78 is 0. The minimum absolute atomic E-state index is 0.268. The van der Waals surface area contributed by atoms with E-state index >= 15 is 0 Å². The van der Waals surface area contributed by atoms with Crippen molar-refractivity contribution in [2.45, 2.75) is 33.2 Å². The number of carbonyl (C=O) groups excluding carboxylic acids is 1. The molecule has 1 saturated heterocycles. The highest BCUT2D eigenvalue weighted by Crippen LogP contribution is 2.27. The largest absolute Gasteiger partial charge is 0.319 e. The van der Waals surface area contributed by atoms with E-state index in [2.05, 4.69) is 43.4 Å². The van der Waals surface area contributed by atoms with E-state index in [1.54, 1.807) is 6.20 Å². The van der Waals surface area contributed by atoms with E-state index in [0.717, 1.165) is 53.3 Å². The van der Waals surface area contributed by atoms with Crippen LogP contribution in [0.4, 0.5) is 5.69 Å². The van der Waals surface area contributed by atoms with Crippen molar-refractivity contribution in [3.05, 3.63) is 71.9 Å². The van der Waals surface area contributed by atoms with Gasteiger partial charge < -0.3 is 5.32 Å². The molecule has 7 heteroatoms. The maximum absolute atomic E-state index is 12.9. The van der Waals surface area contributed by atoms with Gasteiger partial charge in [0.05, 0.1) is 17.4 Å². The lowest BCUT2D eigenvalue weighted by molar-refractivity contribution is 0.102. The highest BCUT2D eigenvalue weighted by Gasteiger charge is 2.17. The summed E-state index contributed by atoms with van der Waals surface area (Å²) in [6, 6.07) is 11.9. The van der Waals surface area contributed by atoms with Crippen LogP contribution < -0.4 is 5.32 Å². The topological polar surface area (TPSA) is 86.8 Å². The molecule has 2 N–H and O–H groups in total. The van der Waals surface area contributed by atoms with Gasteiger partial charge in [0.15, 0.2) is 5.69 Å². The molecular formula is C26H28N6O. The Morgan fingerprint density at radius 2 is 1.94 bits per heavy atom. The van der Waals surface area contributed by atoms with Gasteiger partial charge in [0.1, 0.15) is 0 Å². The Labute approximate surface area is 193 Å². The number of hydrogen-bond donors (Lipinski definition) is 2. The molecule has 4 heterocycles. The minimum atomic E-state index is -0.268. The maximum atomic E-state index is 12.9. The molecule has 4 aromatic rings. The van der Waals surface area contributed by atoms with E-state index in [1.165, 1.54) is 18.4 Å². The van der Waals surface area contributed by atoms with Crippen LogP contribution in [0.3, 0.4) is 0 Å². The van der Waals surface area contributed by atoms with Gasteiger partial charge in [-0.1, -0.05) is 13.0 Å². The molecule has 3 aromatic heterocycles. The molecule has 0 spiro atoms. The summed E-state index contributed by atoms with van der Waals surface area (Å²) in [5.41, 5.74) is 5.97. The summed E-state index contributed by atoms with van der Waals surface area (Å²) in [6.45, 7) is 7.44. The summed E-state index contributed by atoms with van der Waals surface area (Å²) in [5, 5.41) is 10.9. The average molecular weight is 441 g/mol. The lowest BCUT2D eigenvalue weighted by Crippen LogP contribution is -2.32. The van der Waals surface area contributed by atoms with Crippen molar-refractivity contribution < 1.29 is 4.79 Å². The van der Waals surface area contributed by atoms with Gasteiger partial charge in [-0.05, 0) is 80.2 Å². The predicted octanol–water partition coefficient (Wildman–Crippen LogP) is 4.81. The zero-order chi connectivity index (χ0) is 22.8. The Morgan fingerprint density at radius 1 is 1.09 bits per heavy atom. The summed E-state index contributed by atoms with van der Waals surface area (Å²) >= 11 is 0. The second-order valence-electron chi connectivity index (χ2n) is 9.02. The molecule has 0 radical (unpaired) electrons. The van der Waals surface area contributed by atoms with Crippen molar-refractivity contribution in [3.63, 3.8) is 0 Å². The van der Waals surface area contributed by atoms with Crippen LogP contribution in [0.15, 0.2) is 55.0 Å². The van der Waals surface area contributed by atoms with Crippen LogP contribution in [-0.4, -0.2) is 44.1 Å². The second kappa shape index (κ2) is 9.11. The fraction of sp³-hybridized carbons (Fsp3) is 0.308. The SMILES string of the molecule is Cc1ccc(NC(=O)c2n[nH]c3ccc(-c4cncc(CN5CCC(C)CC5)c4)cc23)cn1. The number of anilines is 1. The second-order valence-corrected chi connectivity index (χ2v) is 9.02. The highest BCUT2D eigenvalue weighted by molar-refractivity contribution is 6.11. The molecule has 0 aliphatic carbocycles. The Kier molecular flexibility index (Phi) is 5.88. The van der Waals surface area contributed by atoms with E-state index in [4.69, 9.17) is 0 Å². The molecule has 1 aromatic carbocycles. The molecule has 1 amide bonds. The number of aryl methyl sites for hydroxylation is 1. The quantitative estimate of drug-likeness (QED) is 0.465. The number of rotatable bonds is 5. The molecule has 1 aliphatic heterocycles. The molecule has 0 bridgehead atoms. The van der Waals surface area contributed by atoms with Crippen LogP contribution in [0.5, 0.6) is 0 Å². The molecule has 0 saturated carbocycles. The number of H-pyrrole nitrogens is 1. The van der Waals surface area contributed by atoms with Gasteiger partial charge in [-0.2, -0.15) is 5.10 Å². The number of hydrogen-bond acceptors (Lipinski definition) is 5. The molecule has 5 rings (SSSR count). The molecule has 0 atom stereocenters. The van der Waals surface area contributed by atoms with Gasteiger partial charge in [0.25, 0.3) is 5.91 Å². The fourth-order valence-electron chi connectivity index (χ4n) is 4.31. The molecule has 168 valence electrons. The summed E-state index contributed by atoms with van der Waals surface area (Å²) in [7, 11) is 0. The Hall–Kier alpha value is -3.58. The first-order chi connectivity index (χ1) is 16.0. The number of aromatic amines is 1. The molecule has 1 fully saturated rings. The number of amides is 1. The van der Waals surface area contributed by atoms with Gasteiger partial charge in [-0.25, -0.2) is 0 Å². The maximum Gasteiger partial charge on any atom is 0.276 e. The van der Waals surface area contributed by atoms with E-state index in [9.17, 15) is 4.79 Å². The lowest BCUT2D eigenvalue weighted by atomic mass is 9.98. The average Bonchev–Trinajstić information content (AvgIpc) is 3.26. The van der Waals surface area contributed by atoms with Crippen LogP contribution in [0.1, 0.15) is 41.5 Å². The van der Waals surface area contributed by atoms with Gasteiger partial charge in [0, 0.05) is 35.6 Å². The standard InChI is InChI=1S/C26H28N6O/c1-17-7-9-32(10-8-17)16-19-11-21(14-27-13-19)20-4-6-24-23(12-20)25(31-30-24)26(33)29-22-5-3-18(2)28-15-22/h3-6,11-15,17H,7-10,16H2,1-2H3,(H,29,33)(H,30,31). The van der Waals surface area contributed by atoms with Crippen molar-refractivity contribution in [2.24, 2.45) is 5.92 Å². The number of nitrogens with zero attached hydrogens (tertiary/aromatic N) is 4. The van der Waals surface area contributed by atoms with Crippen molar-refractivity contribution in [3.8, 4) is 11.1 Å². The van der Waals surface area contributed by atoms with Gasteiger partial charge in [-0.15, -0.1) is 0 Å². The van der Waals surface area contributed by atoms with Gasteiger partial charge in [-0.3, -0.25) is 24.8 Å². The van der Waals surface area contributed by atoms with Crippen LogP contribution in [-0.2, 0) is 6.54 Å². The van der Waals surface area contributed by atoms with E-state index in [1.807, 2.05) is 49.6 Å². The number of fused-ring (bicyclic) bond motifs is 1. The van der Waals surface area contributed by atoms with Crippen LogP contribution in [0.2, 0.25) is 0 Å². The lowest BCUT2D eigenvalue weighted by Gasteiger charge is -2.30. The van der Waals surface area contributed by atoms with Crippen LogP contribution in [0, 0.1) is 12.8 Å². The number of benzene rings is 1. The third-order valence-electron chi connectivity index (χ3n) is 6.36. The normalized spacial score (nSPS) is 15.1. The Bertz CT molecular complexity index is 1270. The van der Waals surface area contributed by atoms with E-state index in [0.29, 0.717) is 11.4 Å². The number of nitrogens with one attached hydrogen (secondary N) is 2. The Morgan fingerprint density at radius 3 is 2.73 bits per heavy atom. The highest BCUT2D eigenvalue weighted by atomic mass is 16.1. The molecule has 33 heavy (non-hydrogen) atoms. The zero-order valence-electron chi connectivity index (χ0n) is 19.0. The van der Waals surface area contributed by atoms with Crippen molar-refractivity contribution in [1.29, 1.82) is 0 Å². The van der Waals surface area contributed by atoms with Crippen molar-refractivity contribution in [2.75, 3.05) is 18.4 Å². The number of aromatic nitrogens is 4. The Balaban J connectivity index is 1.38. The van der Waals surface area contributed by atoms with Gasteiger partial charge >= 0.3 is 0 Å². The summed E-state index contributed by atoms with van der Waals surface area (Å²) in [6.07, 6.45) is 7.99. The summed E-state index contributed by atoms with van der Waals surface area (Å²) in [4.78, 5) is 24.1. The fourth-order valence-corrected chi connectivity index (χ4v) is 4.31. The zero-order valence-corrected chi connectivity index (χ0v) is 19.0.